The van der Waals surface area contributed by atoms with Gasteiger partial charge in [0.25, 0.3) is 20.2 Å². The molecular weight excluding hydrogens is 567 g/mol. The Hall–Kier alpha value is -1.16. The van der Waals surface area contributed by atoms with E-state index in [0.717, 1.165) is 51.4 Å². The zero-order valence-electron chi connectivity index (χ0n) is 22.4. The number of unbranched alkanes of at least 4 members (excludes halogenated alkanes) is 10. The number of hydrogen-bond donors (Lipinski definition) is 0. The fourth-order valence-electron chi connectivity index (χ4n) is 3.98. The molecular formula is C28H40Cl2O6S2. The second-order valence-corrected chi connectivity index (χ2v) is 13.4. The van der Waals surface area contributed by atoms with Crippen LogP contribution in [0.1, 0.15) is 90.9 Å². The summed E-state index contributed by atoms with van der Waals surface area (Å²) in [6.45, 7) is 4.44. The van der Waals surface area contributed by atoms with Crippen LogP contribution in [0.2, 0.25) is 10.0 Å². The first kappa shape index (κ1) is 33.0. The van der Waals surface area contributed by atoms with Crippen LogP contribution < -0.4 is 0 Å². The van der Waals surface area contributed by atoms with Gasteiger partial charge < -0.3 is 0 Å². The van der Waals surface area contributed by atoms with Crippen LogP contribution in [0.5, 0.6) is 0 Å². The molecule has 0 aliphatic heterocycles. The highest BCUT2D eigenvalue weighted by Gasteiger charge is 2.23. The Balaban J connectivity index is 2.11. The molecule has 0 aromatic heterocycles. The standard InChI is InChI=1S/C28H40Cl2O6S2/c1-3-5-7-9-11-13-19-35-37(31,32)27-21-23(15-17-25(27)29)24-16-18-26(30)28(22-24)38(33,34)36-20-14-12-10-8-6-4-2/h15-18,21-22H,3-14,19-20H2,1-2H3. The van der Waals surface area contributed by atoms with Gasteiger partial charge in [0, 0.05) is 0 Å². The van der Waals surface area contributed by atoms with Gasteiger partial charge in [-0.2, -0.15) is 16.8 Å². The lowest BCUT2D eigenvalue weighted by Gasteiger charge is -2.12. The fraction of sp³-hybridized carbons (Fsp3) is 0.571. The second kappa shape index (κ2) is 16.8. The summed E-state index contributed by atoms with van der Waals surface area (Å²) in [5.74, 6) is 0. The molecule has 2 aromatic rings. The van der Waals surface area contributed by atoms with Gasteiger partial charge in [-0.05, 0) is 48.2 Å². The van der Waals surface area contributed by atoms with Gasteiger partial charge >= 0.3 is 0 Å². The van der Waals surface area contributed by atoms with Crippen molar-refractivity contribution in [1.82, 2.24) is 0 Å². The van der Waals surface area contributed by atoms with Gasteiger partial charge in [-0.25, -0.2) is 0 Å². The number of halogens is 2. The molecule has 0 heterocycles. The third-order valence-electron chi connectivity index (χ3n) is 6.21. The number of rotatable bonds is 19. The van der Waals surface area contributed by atoms with Crippen LogP contribution in [0, 0.1) is 0 Å². The molecule has 0 fully saturated rings. The summed E-state index contributed by atoms with van der Waals surface area (Å²) in [6.07, 6.45) is 12.0. The molecule has 0 bridgehead atoms. The second-order valence-electron chi connectivity index (χ2n) is 9.38. The number of benzene rings is 2. The quantitative estimate of drug-likeness (QED) is 0.117. The maximum absolute atomic E-state index is 12.8. The van der Waals surface area contributed by atoms with E-state index in [2.05, 4.69) is 13.8 Å². The average Bonchev–Trinajstić information content (AvgIpc) is 2.88. The van der Waals surface area contributed by atoms with Gasteiger partial charge in [-0.1, -0.05) is 113 Å². The molecule has 0 saturated heterocycles. The molecule has 0 radical (unpaired) electrons. The maximum Gasteiger partial charge on any atom is 0.298 e. The van der Waals surface area contributed by atoms with Crippen LogP contribution in [0.15, 0.2) is 46.2 Å². The van der Waals surface area contributed by atoms with E-state index in [4.69, 9.17) is 31.6 Å². The van der Waals surface area contributed by atoms with Gasteiger partial charge in [0.15, 0.2) is 0 Å². The lowest BCUT2D eigenvalue weighted by molar-refractivity contribution is 0.305. The SMILES string of the molecule is CCCCCCCCOS(=O)(=O)c1cc(-c2ccc(Cl)c(S(=O)(=O)OCCCCCCCC)c2)ccc1Cl. The van der Waals surface area contributed by atoms with Crippen LogP contribution in [0.25, 0.3) is 11.1 Å². The average molecular weight is 608 g/mol. The van der Waals surface area contributed by atoms with Crippen molar-refractivity contribution in [3.63, 3.8) is 0 Å². The van der Waals surface area contributed by atoms with E-state index in [-0.39, 0.29) is 33.0 Å². The van der Waals surface area contributed by atoms with E-state index < -0.39 is 20.2 Å². The first-order valence-electron chi connectivity index (χ1n) is 13.5. The lowest BCUT2D eigenvalue weighted by atomic mass is 10.1. The molecule has 38 heavy (non-hydrogen) atoms. The van der Waals surface area contributed by atoms with Gasteiger partial charge in [-0.3, -0.25) is 8.37 Å². The predicted octanol–water partition coefficient (Wildman–Crippen LogP) is 8.79. The van der Waals surface area contributed by atoms with E-state index in [0.29, 0.717) is 24.0 Å². The summed E-state index contributed by atoms with van der Waals surface area (Å²) in [7, 11) is -8.18. The summed E-state index contributed by atoms with van der Waals surface area (Å²) in [6, 6.07) is 8.91. The minimum Gasteiger partial charge on any atom is -0.266 e. The van der Waals surface area contributed by atoms with Crippen molar-refractivity contribution in [2.75, 3.05) is 13.2 Å². The summed E-state index contributed by atoms with van der Waals surface area (Å²) >= 11 is 12.4. The highest BCUT2D eigenvalue weighted by Crippen LogP contribution is 2.33. The van der Waals surface area contributed by atoms with Crippen LogP contribution in [-0.4, -0.2) is 30.0 Å². The van der Waals surface area contributed by atoms with Crippen molar-refractivity contribution in [3.05, 3.63) is 46.4 Å². The molecule has 0 atom stereocenters. The Morgan fingerprint density at radius 3 is 1.26 bits per heavy atom. The first-order valence-corrected chi connectivity index (χ1v) is 17.1. The number of hydrogen-bond acceptors (Lipinski definition) is 6. The summed E-state index contributed by atoms with van der Waals surface area (Å²) in [5.41, 5.74) is 0.917. The van der Waals surface area contributed by atoms with E-state index in [1.165, 1.54) is 37.1 Å². The van der Waals surface area contributed by atoms with Crippen LogP contribution in [-0.2, 0) is 28.6 Å². The molecule has 6 nitrogen and oxygen atoms in total. The zero-order valence-corrected chi connectivity index (χ0v) is 25.5. The Kier molecular flexibility index (Phi) is 14.6. The molecule has 0 unspecified atom stereocenters. The molecule has 0 saturated carbocycles. The van der Waals surface area contributed by atoms with E-state index in [9.17, 15) is 16.8 Å². The molecule has 214 valence electrons. The fourth-order valence-corrected chi connectivity index (χ4v) is 6.86. The molecule has 0 aliphatic carbocycles. The van der Waals surface area contributed by atoms with Gasteiger partial charge in [0.2, 0.25) is 0 Å². The van der Waals surface area contributed by atoms with E-state index >= 15 is 0 Å². The van der Waals surface area contributed by atoms with Gasteiger partial charge in [0.1, 0.15) is 9.79 Å². The van der Waals surface area contributed by atoms with Crippen molar-refractivity contribution >= 4 is 43.4 Å². The van der Waals surface area contributed by atoms with Crippen molar-refractivity contribution in [2.45, 2.75) is 101 Å². The molecule has 10 heteroatoms. The minimum atomic E-state index is -4.09. The van der Waals surface area contributed by atoms with Crippen LogP contribution in [0.3, 0.4) is 0 Å². The highest BCUT2D eigenvalue weighted by molar-refractivity contribution is 7.87. The molecule has 0 spiro atoms. The van der Waals surface area contributed by atoms with Crippen LogP contribution >= 0.6 is 23.2 Å². The van der Waals surface area contributed by atoms with Crippen molar-refractivity contribution in [2.24, 2.45) is 0 Å². The Morgan fingerprint density at radius 2 is 0.895 bits per heavy atom. The molecule has 0 aliphatic rings. The van der Waals surface area contributed by atoms with E-state index in [1.807, 2.05) is 0 Å². The third kappa shape index (κ3) is 10.8. The summed E-state index contributed by atoms with van der Waals surface area (Å²) in [4.78, 5) is -0.331. The lowest BCUT2D eigenvalue weighted by Crippen LogP contribution is -2.09. The zero-order chi connectivity index (χ0) is 28.0. The van der Waals surface area contributed by atoms with Crippen molar-refractivity contribution in [1.29, 1.82) is 0 Å². The molecule has 0 N–H and O–H groups in total. The topological polar surface area (TPSA) is 86.7 Å². The predicted molar refractivity (Wildman–Crippen MR) is 155 cm³/mol. The highest BCUT2D eigenvalue weighted by atomic mass is 35.5. The van der Waals surface area contributed by atoms with Crippen molar-refractivity contribution < 1.29 is 25.2 Å². The van der Waals surface area contributed by atoms with Crippen LogP contribution in [0.4, 0.5) is 0 Å². The maximum atomic E-state index is 12.8. The normalized spacial score (nSPS) is 12.2. The van der Waals surface area contributed by atoms with E-state index in [1.54, 1.807) is 12.1 Å². The van der Waals surface area contributed by atoms with Gasteiger partial charge in [0.05, 0.1) is 23.3 Å². The van der Waals surface area contributed by atoms with Gasteiger partial charge in [-0.15, -0.1) is 0 Å². The van der Waals surface area contributed by atoms with Crippen molar-refractivity contribution in [3.8, 4) is 11.1 Å². The summed E-state index contributed by atoms with van der Waals surface area (Å²) in [5, 5.41) is 0.0570. The Labute approximate surface area is 239 Å². The molecule has 0 amide bonds. The summed E-state index contributed by atoms with van der Waals surface area (Å²) < 4.78 is 61.8. The Morgan fingerprint density at radius 1 is 0.553 bits per heavy atom. The third-order valence-corrected chi connectivity index (χ3v) is 9.80. The molecule has 2 aromatic carbocycles. The largest absolute Gasteiger partial charge is 0.298 e. The smallest absolute Gasteiger partial charge is 0.266 e. The monoisotopic (exact) mass is 606 g/mol. The Bertz CT molecular complexity index is 1120. The minimum absolute atomic E-state index is 0.0285. The first-order chi connectivity index (χ1) is 18.1. The molecule has 2 rings (SSSR count).